The van der Waals surface area contributed by atoms with Gasteiger partial charge >= 0.3 is 6.01 Å². The van der Waals surface area contributed by atoms with E-state index in [1.54, 1.807) is 4.80 Å². The number of nitrogens with zero attached hydrogens (tertiary/aromatic N) is 4. The average molecular weight is 239 g/mol. The standard InChI is InChI=1S/C11H21N5O/c1-10(2,3)16-14-9(13-15-16)17-11(4)5-7-12-8-6-11/h12H,5-8H2,1-4H3. The smallest absolute Gasteiger partial charge is 0.356 e. The Kier molecular flexibility index (Phi) is 3.07. The summed E-state index contributed by atoms with van der Waals surface area (Å²) in [6, 6.07) is 0.379. The minimum atomic E-state index is -0.170. The Hall–Kier alpha value is -1.17. The van der Waals surface area contributed by atoms with Crippen LogP contribution < -0.4 is 10.1 Å². The van der Waals surface area contributed by atoms with Gasteiger partial charge in [0.25, 0.3) is 0 Å². The predicted octanol–water partition coefficient (Wildman–Crippen LogP) is 0.949. The Morgan fingerprint density at radius 1 is 1.29 bits per heavy atom. The lowest BCUT2D eigenvalue weighted by Crippen LogP contribution is -2.44. The molecule has 0 aliphatic carbocycles. The van der Waals surface area contributed by atoms with Gasteiger partial charge in [-0.25, -0.2) is 0 Å². The molecule has 0 amide bonds. The van der Waals surface area contributed by atoms with Crippen LogP contribution in [-0.2, 0) is 5.54 Å². The molecule has 1 saturated heterocycles. The van der Waals surface area contributed by atoms with Crippen LogP contribution in [0.3, 0.4) is 0 Å². The van der Waals surface area contributed by atoms with Gasteiger partial charge < -0.3 is 10.1 Å². The van der Waals surface area contributed by atoms with Gasteiger partial charge in [-0.05, 0) is 58.8 Å². The van der Waals surface area contributed by atoms with E-state index in [9.17, 15) is 0 Å². The van der Waals surface area contributed by atoms with Gasteiger partial charge in [0, 0.05) is 0 Å². The highest BCUT2D eigenvalue weighted by molar-refractivity contribution is 4.93. The third-order valence-electron chi connectivity index (χ3n) is 2.99. The minimum absolute atomic E-state index is 0.163. The maximum Gasteiger partial charge on any atom is 0.356 e. The Balaban J connectivity index is 2.06. The first-order valence-electron chi connectivity index (χ1n) is 6.09. The van der Waals surface area contributed by atoms with Crippen molar-refractivity contribution in [2.45, 2.75) is 51.7 Å². The Labute approximate surface area is 102 Å². The van der Waals surface area contributed by atoms with Crippen molar-refractivity contribution in [3.63, 3.8) is 0 Å². The first-order chi connectivity index (χ1) is 7.89. The summed E-state index contributed by atoms with van der Waals surface area (Å²) in [4.78, 5) is 1.59. The van der Waals surface area contributed by atoms with Crippen molar-refractivity contribution in [2.75, 3.05) is 13.1 Å². The minimum Gasteiger partial charge on any atom is -0.455 e. The highest BCUT2D eigenvalue weighted by atomic mass is 16.5. The van der Waals surface area contributed by atoms with Crippen LogP contribution in [0.25, 0.3) is 0 Å². The molecule has 96 valence electrons. The molecule has 6 heteroatoms. The molecule has 0 atom stereocenters. The van der Waals surface area contributed by atoms with Gasteiger partial charge in [0.05, 0.1) is 5.54 Å². The summed E-state index contributed by atoms with van der Waals surface area (Å²) in [5.74, 6) is 0. The molecule has 0 unspecified atom stereocenters. The quantitative estimate of drug-likeness (QED) is 0.832. The molecule has 17 heavy (non-hydrogen) atoms. The molecule has 0 radical (unpaired) electrons. The zero-order valence-corrected chi connectivity index (χ0v) is 11.0. The van der Waals surface area contributed by atoms with Crippen LogP contribution in [-0.4, -0.2) is 38.9 Å². The molecule has 6 nitrogen and oxygen atoms in total. The van der Waals surface area contributed by atoms with E-state index in [-0.39, 0.29) is 11.1 Å². The van der Waals surface area contributed by atoms with Crippen LogP contribution in [0.1, 0.15) is 40.5 Å². The van der Waals surface area contributed by atoms with Crippen molar-refractivity contribution in [3.8, 4) is 6.01 Å². The van der Waals surface area contributed by atoms with Crippen molar-refractivity contribution < 1.29 is 4.74 Å². The van der Waals surface area contributed by atoms with E-state index in [2.05, 4.69) is 27.7 Å². The summed E-state index contributed by atoms with van der Waals surface area (Å²) in [5, 5.41) is 15.6. The predicted molar refractivity (Wildman–Crippen MR) is 63.9 cm³/mol. The zero-order chi connectivity index (χ0) is 12.5. The van der Waals surface area contributed by atoms with E-state index in [0.29, 0.717) is 6.01 Å². The van der Waals surface area contributed by atoms with Crippen LogP contribution in [0.5, 0.6) is 6.01 Å². The Morgan fingerprint density at radius 2 is 1.94 bits per heavy atom. The van der Waals surface area contributed by atoms with Crippen molar-refractivity contribution in [2.24, 2.45) is 0 Å². The average Bonchev–Trinajstić information content (AvgIpc) is 2.66. The summed E-state index contributed by atoms with van der Waals surface area (Å²) < 4.78 is 5.87. The summed E-state index contributed by atoms with van der Waals surface area (Å²) in [5.41, 5.74) is -0.333. The topological polar surface area (TPSA) is 64.9 Å². The fraction of sp³-hybridized carbons (Fsp3) is 0.909. The lowest BCUT2D eigenvalue weighted by atomic mass is 9.95. The normalized spacial score (nSPS) is 20.2. The van der Waals surface area contributed by atoms with Gasteiger partial charge in [-0.3, -0.25) is 0 Å². The molecule has 1 aliphatic rings. The van der Waals surface area contributed by atoms with Gasteiger partial charge in [0.2, 0.25) is 0 Å². The molecule has 0 aromatic carbocycles. The maximum absolute atomic E-state index is 5.87. The number of ether oxygens (including phenoxy) is 1. The summed E-state index contributed by atoms with van der Waals surface area (Å²) in [6.07, 6.45) is 1.94. The number of hydrogen-bond donors (Lipinski definition) is 1. The second-order valence-electron chi connectivity index (χ2n) is 5.83. The van der Waals surface area contributed by atoms with E-state index in [4.69, 9.17) is 4.74 Å². The summed E-state index contributed by atoms with van der Waals surface area (Å²) in [7, 11) is 0. The van der Waals surface area contributed by atoms with Crippen LogP contribution in [0.2, 0.25) is 0 Å². The zero-order valence-electron chi connectivity index (χ0n) is 11.0. The molecule has 1 aliphatic heterocycles. The van der Waals surface area contributed by atoms with Crippen molar-refractivity contribution >= 4 is 0 Å². The van der Waals surface area contributed by atoms with Gasteiger partial charge in [-0.15, -0.1) is 0 Å². The number of rotatable bonds is 2. The Morgan fingerprint density at radius 3 is 2.47 bits per heavy atom. The molecule has 1 aromatic rings. The van der Waals surface area contributed by atoms with Gasteiger partial charge in [-0.2, -0.15) is 4.80 Å². The molecule has 1 aromatic heterocycles. The van der Waals surface area contributed by atoms with E-state index in [1.807, 2.05) is 20.8 Å². The van der Waals surface area contributed by atoms with Crippen LogP contribution in [0.4, 0.5) is 0 Å². The van der Waals surface area contributed by atoms with Crippen molar-refractivity contribution in [3.05, 3.63) is 0 Å². The molecule has 0 spiro atoms. The third-order valence-corrected chi connectivity index (χ3v) is 2.99. The molecular weight excluding hydrogens is 218 g/mol. The van der Waals surface area contributed by atoms with E-state index in [1.165, 1.54) is 0 Å². The van der Waals surface area contributed by atoms with E-state index in [0.717, 1.165) is 25.9 Å². The van der Waals surface area contributed by atoms with Crippen molar-refractivity contribution in [1.82, 2.24) is 25.5 Å². The van der Waals surface area contributed by atoms with Crippen LogP contribution in [0.15, 0.2) is 0 Å². The fourth-order valence-corrected chi connectivity index (χ4v) is 1.80. The molecule has 2 heterocycles. The SMILES string of the molecule is CC1(Oc2nnn(C(C)(C)C)n2)CCNCC1. The first-order valence-corrected chi connectivity index (χ1v) is 6.09. The van der Waals surface area contributed by atoms with Crippen LogP contribution >= 0.6 is 0 Å². The maximum atomic E-state index is 5.87. The molecule has 0 bridgehead atoms. The number of tetrazole rings is 1. The highest BCUT2D eigenvalue weighted by Gasteiger charge is 2.30. The largest absolute Gasteiger partial charge is 0.455 e. The second-order valence-corrected chi connectivity index (χ2v) is 5.83. The summed E-state index contributed by atoms with van der Waals surface area (Å²) >= 11 is 0. The molecule has 2 rings (SSSR count). The van der Waals surface area contributed by atoms with Gasteiger partial charge in [-0.1, -0.05) is 10.2 Å². The van der Waals surface area contributed by atoms with Gasteiger partial charge in [0.15, 0.2) is 0 Å². The molecular formula is C11H21N5O. The molecule has 0 saturated carbocycles. The number of aromatic nitrogens is 4. The first kappa shape index (κ1) is 12.3. The second kappa shape index (κ2) is 4.25. The molecule has 1 fully saturated rings. The number of hydrogen-bond acceptors (Lipinski definition) is 5. The monoisotopic (exact) mass is 239 g/mol. The van der Waals surface area contributed by atoms with Crippen LogP contribution in [0, 0.1) is 0 Å². The van der Waals surface area contributed by atoms with Crippen molar-refractivity contribution in [1.29, 1.82) is 0 Å². The lowest BCUT2D eigenvalue weighted by molar-refractivity contribution is 0.0448. The fourth-order valence-electron chi connectivity index (χ4n) is 1.80. The Bertz CT molecular complexity index is 375. The number of nitrogens with one attached hydrogen (secondary N) is 1. The highest BCUT2D eigenvalue weighted by Crippen LogP contribution is 2.23. The van der Waals surface area contributed by atoms with E-state index < -0.39 is 0 Å². The number of piperidine rings is 1. The third kappa shape index (κ3) is 2.94. The van der Waals surface area contributed by atoms with Gasteiger partial charge in [0.1, 0.15) is 5.60 Å². The lowest BCUT2D eigenvalue weighted by Gasteiger charge is -2.32. The summed E-state index contributed by atoms with van der Waals surface area (Å²) in [6.45, 7) is 10.2. The molecule has 1 N–H and O–H groups in total. The van der Waals surface area contributed by atoms with E-state index >= 15 is 0 Å².